The van der Waals surface area contributed by atoms with E-state index in [2.05, 4.69) is 10.5 Å². The highest BCUT2D eigenvalue weighted by Gasteiger charge is 2.22. The first-order valence-corrected chi connectivity index (χ1v) is 7.64. The van der Waals surface area contributed by atoms with E-state index in [9.17, 15) is 4.79 Å². The van der Waals surface area contributed by atoms with Gasteiger partial charge in [-0.2, -0.15) is 0 Å². The molecule has 1 aromatic heterocycles. The molecule has 0 aliphatic heterocycles. The number of anilines is 1. The molecule has 2 aromatic carbocycles. The molecule has 0 atom stereocenters. The number of methoxy groups -OCH3 is 1. The first kappa shape index (κ1) is 16.1. The third-order valence-electron chi connectivity index (χ3n) is 3.52. The van der Waals surface area contributed by atoms with Gasteiger partial charge < -0.3 is 14.6 Å². The van der Waals surface area contributed by atoms with Crippen LogP contribution in [0.2, 0.25) is 5.02 Å². The van der Waals surface area contributed by atoms with Crippen molar-refractivity contribution in [2.45, 2.75) is 6.92 Å². The van der Waals surface area contributed by atoms with E-state index in [1.165, 1.54) is 0 Å². The highest BCUT2D eigenvalue weighted by Crippen LogP contribution is 2.28. The van der Waals surface area contributed by atoms with Gasteiger partial charge in [0, 0.05) is 22.3 Å². The zero-order valence-corrected chi connectivity index (χ0v) is 13.9. The maximum Gasteiger partial charge on any atom is 0.261 e. The summed E-state index contributed by atoms with van der Waals surface area (Å²) in [5.74, 6) is 0.768. The molecule has 0 radical (unpaired) electrons. The maximum atomic E-state index is 12.7. The van der Waals surface area contributed by atoms with Crippen molar-refractivity contribution in [1.29, 1.82) is 0 Å². The lowest BCUT2D eigenvalue weighted by atomic mass is 10.1. The SMILES string of the molecule is COc1cccc(NC(=O)c2c(C)noc2-c2ccc(Cl)cc2)c1. The topological polar surface area (TPSA) is 64.4 Å². The van der Waals surface area contributed by atoms with Gasteiger partial charge in [0.15, 0.2) is 5.76 Å². The number of hydrogen-bond acceptors (Lipinski definition) is 4. The van der Waals surface area contributed by atoms with E-state index < -0.39 is 0 Å². The van der Waals surface area contributed by atoms with E-state index in [-0.39, 0.29) is 5.91 Å². The number of rotatable bonds is 4. The smallest absolute Gasteiger partial charge is 0.261 e. The molecule has 122 valence electrons. The first-order valence-electron chi connectivity index (χ1n) is 7.26. The van der Waals surface area contributed by atoms with E-state index in [0.717, 1.165) is 5.56 Å². The van der Waals surface area contributed by atoms with Gasteiger partial charge in [-0.25, -0.2) is 0 Å². The van der Waals surface area contributed by atoms with Crippen molar-refractivity contribution in [3.8, 4) is 17.1 Å². The van der Waals surface area contributed by atoms with Gasteiger partial charge in [0.25, 0.3) is 5.91 Å². The van der Waals surface area contributed by atoms with Crippen LogP contribution in [0.3, 0.4) is 0 Å². The molecule has 0 fully saturated rings. The molecule has 0 aliphatic carbocycles. The fourth-order valence-corrected chi connectivity index (χ4v) is 2.46. The number of nitrogens with one attached hydrogen (secondary N) is 1. The van der Waals surface area contributed by atoms with Gasteiger partial charge in [-0.1, -0.05) is 22.8 Å². The fraction of sp³-hybridized carbons (Fsp3) is 0.111. The molecular formula is C18H15ClN2O3. The Labute approximate surface area is 144 Å². The average Bonchev–Trinajstić information content (AvgIpc) is 2.97. The molecule has 0 saturated carbocycles. The second-order valence-electron chi connectivity index (χ2n) is 5.17. The molecule has 5 nitrogen and oxygen atoms in total. The zero-order valence-electron chi connectivity index (χ0n) is 13.2. The molecule has 3 aromatic rings. The van der Waals surface area contributed by atoms with Crippen LogP contribution in [0.25, 0.3) is 11.3 Å². The number of ether oxygens (including phenoxy) is 1. The predicted molar refractivity (Wildman–Crippen MR) is 92.6 cm³/mol. The predicted octanol–water partition coefficient (Wildman–Crippen LogP) is 4.56. The fourth-order valence-electron chi connectivity index (χ4n) is 2.33. The summed E-state index contributed by atoms with van der Waals surface area (Å²) in [6.45, 7) is 1.73. The molecule has 0 saturated heterocycles. The van der Waals surface area contributed by atoms with Gasteiger partial charge in [-0.05, 0) is 43.3 Å². The second-order valence-corrected chi connectivity index (χ2v) is 5.60. The van der Waals surface area contributed by atoms with Crippen molar-refractivity contribution in [3.05, 3.63) is 64.8 Å². The number of carbonyl (C=O) groups excluding carboxylic acids is 1. The lowest BCUT2D eigenvalue weighted by Gasteiger charge is -2.07. The van der Waals surface area contributed by atoms with Crippen molar-refractivity contribution in [3.63, 3.8) is 0 Å². The van der Waals surface area contributed by atoms with Gasteiger partial charge in [-0.3, -0.25) is 4.79 Å². The third-order valence-corrected chi connectivity index (χ3v) is 3.78. The molecule has 3 rings (SSSR count). The van der Waals surface area contributed by atoms with Crippen LogP contribution in [0, 0.1) is 6.92 Å². The van der Waals surface area contributed by atoms with Crippen molar-refractivity contribution < 1.29 is 14.1 Å². The summed E-state index contributed by atoms with van der Waals surface area (Å²) >= 11 is 5.91. The Hall–Kier alpha value is -2.79. The molecule has 24 heavy (non-hydrogen) atoms. The van der Waals surface area contributed by atoms with Gasteiger partial charge in [0.2, 0.25) is 0 Å². The summed E-state index contributed by atoms with van der Waals surface area (Å²) in [4.78, 5) is 12.7. The Morgan fingerprint density at radius 1 is 1.21 bits per heavy atom. The average molecular weight is 343 g/mol. The van der Waals surface area contributed by atoms with Gasteiger partial charge in [0.05, 0.1) is 12.8 Å². The van der Waals surface area contributed by atoms with Crippen molar-refractivity contribution in [2.75, 3.05) is 12.4 Å². The van der Waals surface area contributed by atoms with Crippen LogP contribution in [0.5, 0.6) is 5.75 Å². The number of aryl methyl sites for hydroxylation is 1. The monoisotopic (exact) mass is 342 g/mol. The minimum absolute atomic E-state index is 0.299. The highest BCUT2D eigenvalue weighted by molar-refractivity contribution is 6.30. The lowest BCUT2D eigenvalue weighted by molar-refractivity contribution is 0.102. The molecule has 0 bridgehead atoms. The quantitative estimate of drug-likeness (QED) is 0.754. The van der Waals surface area contributed by atoms with E-state index in [4.69, 9.17) is 20.9 Å². The lowest BCUT2D eigenvalue weighted by Crippen LogP contribution is -2.13. The third kappa shape index (κ3) is 3.26. The van der Waals surface area contributed by atoms with Crippen molar-refractivity contribution in [1.82, 2.24) is 5.16 Å². The number of hydrogen-bond donors (Lipinski definition) is 1. The van der Waals surface area contributed by atoms with Gasteiger partial charge in [0.1, 0.15) is 11.3 Å². The van der Waals surface area contributed by atoms with Crippen molar-refractivity contribution in [2.24, 2.45) is 0 Å². The Morgan fingerprint density at radius 2 is 1.96 bits per heavy atom. The number of benzene rings is 2. The van der Waals surface area contributed by atoms with Crippen LogP contribution in [-0.4, -0.2) is 18.2 Å². The minimum atomic E-state index is -0.299. The van der Waals surface area contributed by atoms with Crippen LogP contribution < -0.4 is 10.1 Å². The normalized spacial score (nSPS) is 10.5. The van der Waals surface area contributed by atoms with E-state index in [1.807, 2.05) is 0 Å². The summed E-state index contributed by atoms with van der Waals surface area (Å²) in [6, 6.07) is 14.2. The molecule has 1 N–H and O–H groups in total. The standard InChI is InChI=1S/C18H15ClN2O3/c1-11-16(17(24-21-11)12-6-8-13(19)9-7-12)18(22)20-14-4-3-5-15(10-14)23-2/h3-10H,1-2H3,(H,20,22). The number of aromatic nitrogens is 1. The first-order chi connectivity index (χ1) is 11.6. The van der Waals surface area contributed by atoms with Gasteiger partial charge in [-0.15, -0.1) is 0 Å². The van der Waals surface area contributed by atoms with Crippen LogP contribution in [0.4, 0.5) is 5.69 Å². The highest BCUT2D eigenvalue weighted by atomic mass is 35.5. The number of carbonyl (C=O) groups is 1. The van der Waals surface area contributed by atoms with Crippen LogP contribution in [0.1, 0.15) is 16.1 Å². The summed E-state index contributed by atoms with van der Waals surface area (Å²) in [5, 5.41) is 7.36. The van der Waals surface area contributed by atoms with E-state index in [0.29, 0.717) is 33.5 Å². The summed E-state index contributed by atoms with van der Waals surface area (Å²) in [5.41, 5.74) is 2.26. The molecule has 1 heterocycles. The molecular weight excluding hydrogens is 328 g/mol. The second kappa shape index (κ2) is 6.76. The van der Waals surface area contributed by atoms with Crippen LogP contribution in [-0.2, 0) is 0 Å². The van der Waals surface area contributed by atoms with Crippen LogP contribution in [0.15, 0.2) is 53.1 Å². The zero-order chi connectivity index (χ0) is 17.1. The Balaban J connectivity index is 1.92. The maximum absolute atomic E-state index is 12.7. The summed E-state index contributed by atoms with van der Waals surface area (Å²) in [7, 11) is 1.57. The number of halogens is 1. The van der Waals surface area contributed by atoms with E-state index in [1.54, 1.807) is 62.6 Å². The molecule has 1 amide bonds. The molecule has 0 aliphatic rings. The van der Waals surface area contributed by atoms with Crippen molar-refractivity contribution >= 4 is 23.2 Å². The van der Waals surface area contributed by atoms with Gasteiger partial charge >= 0.3 is 0 Å². The molecule has 6 heteroatoms. The molecule has 0 spiro atoms. The van der Waals surface area contributed by atoms with E-state index >= 15 is 0 Å². The largest absolute Gasteiger partial charge is 0.497 e. The Kier molecular flexibility index (Phi) is 4.53. The Bertz CT molecular complexity index is 872. The summed E-state index contributed by atoms with van der Waals surface area (Å²) < 4.78 is 10.5. The summed E-state index contributed by atoms with van der Waals surface area (Å²) in [6.07, 6.45) is 0. The molecule has 0 unspecified atom stereocenters. The number of amides is 1. The van der Waals surface area contributed by atoms with Crippen LogP contribution >= 0.6 is 11.6 Å². The Morgan fingerprint density at radius 3 is 2.67 bits per heavy atom. The minimum Gasteiger partial charge on any atom is -0.497 e. The number of nitrogens with zero attached hydrogens (tertiary/aromatic N) is 1.